The molecule has 120 valence electrons. The van der Waals surface area contributed by atoms with Gasteiger partial charge in [-0.2, -0.15) is 0 Å². The third-order valence-corrected chi connectivity index (χ3v) is 3.89. The molecule has 0 aromatic heterocycles. The Morgan fingerprint density at radius 2 is 1.86 bits per heavy atom. The molecule has 1 rings (SSSR count). The quantitative estimate of drug-likeness (QED) is 0.672. The van der Waals surface area contributed by atoms with E-state index in [4.69, 9.17) is 14.6 Å². The van der Waals surface area contributed by atoms with Crippen LogP contribution in [0.4, 0.5) is 0 Å². The Labute approximate surface area is 126 Å². The van der Waals surface area contributed by atoms with Gasteiger partial charge in [0.05, 0.1) is 4.90 Å². The van der Waals surface area contributed by atoms with E-state index in [1.54, 1.807) is 12.1 Å². The Hall–Kier alpha value is -0.990. The van der Waals surface area contributed by atoms with Crippen molar-refractivity contribution in [3.05, 3.63) is 29.8 Å². The minimum atomic E-state index is -3.68. The van der Waals surface area contributed by atoms with Crippen LogP contribution in [0.3, 0.4) is 0 Å². The second-order valence-electron chi connectivity index (χ2n) is 4.59. The second kappa shape index (κ2) is 8.45. The van der Waals surface area contributed by atoms with Gasteiger partial charge in [-0.05, 0) is 38.5 Å². The fourth-order valence-corrected chi connectivity index (χ4v) is 2.46. The maximum absolute atomic E-state index is 11.4. The molecule has 0 fully saturated rings. The Balaban J connectivity index is 2.69. The van der Waals surface area contributed by atoms with Gasteiger partial charge in [0.25, 0.3) is 0 Å². The van der Waals surface area contributed by atoms with Crippen molar-refractivity contribution in [3.8, 4) is 0 Å². The molecule has 21 heavy (non-hydrogen) atoms. The average Bonchev–Trinajstić information content (AvgIpc) is 2.44. The van der Waals surface area contributed by atoms with Gasteiger partial charge in [-0.1, -0.05) is 12.1 Å². The highest BCUT2D eigenvalue weighted by Crippen LogP contribution is 2.16. The summed E-state index contributed by atoms with van der Waals surface area (Å²) in [5, 5.41) is 8.40. The van der Waals surface area contributed by atoms with Crippen molar-refractivity contribution < 1.29 is 17.9 Å². The molecule has 0 saturated heterocycles. The minimum Gasteiger partial charge on any atom is -0.352 e. The molecule has 6 nitrogen and oxygen atoms in total. The van der Waals surface area contributed by atoms with Crippen LogP contribution in [0.25, 0.3) is 0 Å². The first-order chi connectivity index (χ1) is 9.88. The van der Waals surface area contributed by atoms with E-state index in [2.05, 4.69) is 5.32 Å². The van der Waals surface area contributed by atoms with E-state index in [9.17, 15) is 8.42 Å². The Kier molecular flexibility index (Phi) is 7.27. The lowest BCUT2D eigenvalue weighted by Crippen LogP contribution is -2.33. The molecular weight excluding hydrogens is 292 g/mol. The van der Waals surface area contributed by atoms with Crippen LogP contribution in [0.1, 0.15) is 32.4 Å². The summed E-state index contributed by atoms with van der Waals surface area (Å²) in [7, 11) is -3.68. The number of nitrogens with one attached hydrogen (secondary N) is 1. The highest BCUT2D eigenvalue weighted by molar-refractivity contribution is 7.89. The fourth-order valence-electron chi connectivity index (χ4n) is 1.89. The van der Waals surface area contributed by atoms with Gasteiger partial charge in [0.1, 0.15) is 0 Å². The summed E-state index contributed by atoms with van der Waals surface area (Å²) in [6.45, 7) is 7.42. The molecule has 0 heterocycles. The maximum Gasteiger partial charge on any atom is 0.238 e. The van der Waals surface area contributed by atoms with E-state index in [-0.39, 0.29) is 17.2 Å². The van der Waals surface area contributed by atoms with Gasteiger partial charge in [0.2, 0.25) is 10.0 Å². The molecule has 0 spiro atoms. The molecule has 0 aliphatic heterocycles. The van der Waals surface area contributed by atoms with E-state index in [1.165, 1.54) is 6.07 Å². The number of primary sulfonamides is 1. The van der Waals surface area contributed by atoms with E-state index in [1.807, 2.05) is 26.8 Å². The first kappa shape index (κ1) is 18.1. The molecule has 1 aromatic rings. The van der Waals surface area contributed by atoms with Gasteiger partial charge in [-0.25, -0.2) is 13.6 Å². The normalized spacial score (nSPS) is 13.6. The molecule has 1 atom stereocenters. The van der Waals surface area contributed by atoms with Crippen molar-refractivity contribution in [2.75, 3.05) is 19.8 Å². The van der Waals surface area contributed by atoms with Crippen LogP contribution in [0, 0.1) is 0 Å². The van der Waals surface area contributed by atoms with E-state index >= 15 is 0 Å². The van der Waals surface area contributed by atoms with Crippen molar-refractivity contribution in [3.63, 3.8) is 0 Å². The van der Waals surface area contributed by atoms with Crippen LogP contribution in [-0.4, -0.2) is 34.5 Å². The lowest BCUT2D eigenvalue weighted by atomic mass is 10.1. The topological polar surface area (TPSA) is 90.6 Å². The van der Waals surface area contributed by atoms with Gasteiger partial charge in [-0.15, -0.1) is 0 Å². The number of nitrogens with two attached hydrogens (primary N) is 1. The fraction of sp³-hybridized carbons (Fsp3) is 0.571. The number of benzene rings is 1. The highest BCUT2D eigenvalue weighted by atomic mass is 32.2. The summed E-state index contributed by atoms with van der Waals surface area (Å²) in [4.78, 5) is 0.111. The zero-order valence-corrected chi connectivity index (χ0v) is 13.5. The molecule has 0 aliphatic rings. The van der Waals surface area contributed by atoms with Crippen LogP contribution < -0.4 is 10.5 Å². The number of ether oxygens (including phenoxy) is 2. The molecule has 0 amide bonds. The molecule has 1 aromatic carbocycles. The van der Waals surface area contributed by atoms with Crippen LogP contribution in [0.2, 0.25) is 0 Å². The van der Waals surface area contributed by atoms with E-state index < -0.39 is 10.0 Å². The SMILES string of the molecule is CCOC(CNC(C)c1cccc(S(N)(=O)=O)c1)OCC. The number of hydrogen-bond donors (Lipinski definition) is 2. The van der Waals surface area contributed by atoms with Crippen LogP contribution in [0.15, 0.2) is 29.2 Å². The highest BCUT2D eigenvalue weighted by Gasteiger charge is 2.13. The lowest BCUT2D eigenvalue weighted by molar-refractivity contribution is -0.133. The molecular formula is C14H24N2O4S. The number of rotatable bonds is 9. The predicted octanol–water partition coefficient (Wildman–Crippen LogP) is 1.38. The summed E-state index contributed by atoms with van der Waals surface area (Å²) in [5.74, 6) is 0. The van der Waals surface area contributed by atoms with Gasteiger partial charge < -0.3 is 14.8 Å². The Bertz CT molecular complexity index is 528. The van der Waals surface area contributed by atoms with Crippen molar-refractivity contribution in [2.24, 2.45) is 5.14 Å². The standard InChI is InChI=1S/C14H24N2O4S/c1-4-19-14(20-5-2)10-16-11(3)12-7-6-8-13(9-12)21(15,17)18/h6-9,11,14,16H,4-5,10H2,1-3H3,(H2,15,17,18). The molecule has 3 N–H and O–H groups in total. The molecule has 0 bridgehead atoms. The van der Waals surface area contributed by atoms with Crippen molar-refractivity contribution in [2.45, 2.75) is 38.0 Å². The summed E-state index contributed by atoms with van der Waals surface area (Å²) in [5.41, 5.74) is 0.841. The first-order valence-electron chi connectivity index (χ1n) is 6.97. The average molecular weight is 316 g/mol. The van der Waals surface area contributed by atoms with Crippen molar-refractivity contribution in [1.29, 1.82) is 0 Å². The Morgan fingerprint density at radius 1 is 1.24 bits per heavy atom. The van der Waals surface area contributed by atoms with Gasteiger partial charge >= 0.3 is 0 Å². The molecule has 0 saturated carbocycles. The van der Waals surface area contributed by atoms with Gasteiger partial charge in [-0.3, -0.25) is 0 Å². The smallest absolute Gasteiger partial charge is 0.238 e. The molecule has 7 heteroatoms. The third kappa shape index (κ3) is 6.11. The van der Waals surface area contributed by atoms with E-state index in [0.29, 0.717) is 19.8 Å². The largest absolute Gasteiger partial charge is 0.352 e. The summed E-state index contributed by atoms with van der Waals surface area (Å²) < 4.78 is 33.6. The number of sulfonamides is 1. The lowest BCUT2D eigenvalue weighted by Gasteiger charge is -2.21. The number of hydrogen-bond acceptors (Lipinski definition) is 5. The summed E-state index contributed by atoms with van der Waals surface area (Å²) >= 11 is 0. The summed E-state index contributed by atoms with van der Waals surface area (Å²) in [6.07, 6.45) is -0.316. The first-order valence-corrected chi connectivity index (χ1v) is 8.52. The van der Waals surface area contributed by atoms with Crippen molar-refractivity contribution >= 4 is 10.0 Å². The van der Waals surface area contributed by atoms with Gasteiger partial charge in [0, 0.05) is 25.8 Å². The monoisotopic (exact) mass is 316 g/mol. The second-order valence-corrected chi connectivity index (χ2v) is 6.15. The van der Waals surface area contributed by atoms with Crippen molar-refractivity contribution in [1.82, 2.24) is 5.32 Å². The molecule has 0 radical (unpaired) electrons. The van der Waals surface area contributed by atoms with Crippen LogP contribution >= 0.6 is 0 Å². The van der Waals surface area contributed by atoms with Gasteiger partial charge in [0.15, 0.2) is 6.29 Å². The zero-order valence-electron chi connectivity index (χ0n) is 12.7. The molecule has 0 aliphatic carbocycles. The zero-order chi connectivity index (χ0) is 15.9. The summed E-state index contributed by atoms with van der Waals surface area (Å²) in [6, 6.07) is 6.53. The van der Waals surface area contributed by atoms with Crippen LogP contribution in [-0.2, 0) is 19.5 Å². The minimum absolute atomic E-state index is 0.0462. The van der Waals surface area contributed by atoms with E-state index in [0.717, 1.165) is 5.56 Å². The predicted molar refractivity (Wildman–Crippen MR) is 81.3 cm³/mol. The third-order valence-electron chi connectivity index (χ3n) is 2.98. The maximum atomic E-state index is 11.4. The Morgan fingerprint density at radius 3 is 2.38 bits per heavy atom. The molecule has 1 unspecified atom stereocenters. The van der Waals surface area contributed by atoms with Crippen LogP contribution in [0.5, 0.6) is 0 Å².